The van der Waals surface area contributed by atoms with Gasteiger partial charge in [0.25, 0.3) is 0 Å². The Hall–Kier alpha value is -2.66. The largest absolute Gasteiger partial charge is 0.496 e. The van der Waals surface area contributed by atoms with Gasteiger partial charge in [0.2, 0.25) is 5.90 Å². The molecule has 126 valence electrons. The summed E-state index contributed by atoms with van der Waals surface area (Å²) in [7, 11) is 1.56. The first kappa shape index (κ1) is 17.2. The van der Waals surface area contributed by atoms with Gasteiger partial charge in [-0.25, -0.2) is 9.79 Å². The molecule has 2 aromatic carbocycles. The van der Waals surface area contributed by atoms with Crippen LogP contribution in [-0.2, 0) is 9.53 Å². The Morgan fingerprint density at radius 2 is 1.96 bits per heavy atom. The maximum Gasteiger partial charge on any atom is 0.363 e. The molecule has 0 unspecified atom stereocenters. The first-order chi connectivity index (χ1) is 12.1. The minimum absolute atomic E-state index is 0.238. The van der Waals surface area contributed by atoms with E-state index in [2.05, 4.69) is 20.9 Å². The second-order valence-electron chi connectivity index (χ2n) is 5.48. The molecule has 0 bridgehead atoms. The molecule has 2 aromatic rings. The molecule has 0 saturated carbocycles. The molecule has 0 atom stereocenters. The van der Waals surface area contributed by atoms with E-state index in [0.29, 0.717) is 11.3 Å². The summed E-state index contributed by atoms with van der Waals surface area (Å²) >= 11 is 3.41. The highest BCUT2D eigenvalue weighted by atomic mass is 79.9. The van der Waals surface area contributed by atoms with Crippen molar-refractivity contribution in [1.29, 1.82) is 0 Å². The van der Waals surface area contributed by atoms with Crippen molar-refractivity contribution < 1.29 is 14.3 Å². The van der Waals surface area contributed by atoms with Gasteiger partial charge in [0.15, 0.2) is 5.70 Å². The lowest BCUT2D eigenvalue weighted by molar-refractivity contribution is -0.130. The van der Waals surface area contributed by atoms with Crippen molar-refractivity contribution in [3.05, 3.63) is 81.5 Å². The fourth-order valence-corrected chi connectivity index (χ4v) is 2.80. The predicted molar refractivity (Wildman–Crippen MR) is 101 cm³/mol. The zero-order valence-electron chi connectivity index (χ0n) is 13.8. The van der Waals surface area contributed by atoms with Gasteiger partial charge in [-0.05, 0) is 42.3 Å². The third-order valence-corrected chi connectivity index (χ3v) is 4.06. The monoisotopic (exact) mass is 397 g/mol. The molecule has 0 spiro atoms. The number of aliphatic imine (C=N–C) groups is 1. The van der Waals surface area contributed by atoms with Gasteiger partial charge in [-0.2, -0.15) is 0 Å². The van der Waals surface area contributed by atoms with Crippen LogP contribution in [0.25, 0.3) is 6.08 Å². The smallest absolute Gasteiger partial charge is 0.363 e. The highest BCUT2D eigenvalue weighted by Crippen LogP contribution is 2.27. The van der Waals surface area contributed by atoms with E-state index < -0.39 is 5.97 Å². The highest BCUT2D eigenvalue weighted by molar-refractivity contribution is 9.10. The minimum Gasteiger partial charge on any atom is -0.496 e. The van der Waals surface area contributed by atoms with Gasteiger partial charge in [-0.15, -0.1) is 0 Å². The summed E-state index contributed by atoms with van der Waals surface area (Å²) in [5.74, 6) is 0.354. The standard InChI is InChI=1S/C20H16BrNO3/c1-13(10-14-6-4-3-5-7-14)11-17-20(23)25-19(22-17)16-12-15(21)8-9-18(16)24-2/h3-12H,1-2H3. The first-order valence-electron chi connectivity index (χ1n) is 7.66. The number of methoxy groups -OCH3 is 1. The van der Waals surface area contributed by atoms with Crippen LogP contribution in [0.15, 0.2) is 75.3 Å². The molecule has 4 nitrogen and oxygen atoms in total. The van der Waals surface area contributed by atoms with Crippen molar-refractivity contribution in [2.45, 2.75) is 6.92 Å². The molecule has 1 aliphatic heterocycles. The number of esters is 1. The van der Waals surface area contributed by atoms with Crippen molar-refractivity contribution in [2.24, 2.45) is 4.99 Å². The van der Waals surface area contributed by atoms with Crippen LogP contribution in [-0.4, -0.2) is 19.0 Å². The molecular formula is C20H16BrNO3. The van der Waals surface area contributed by atoms with Crippen LogP contribution >= 0.6 is 15.9 Å². The number of ether oxygens (including phenoxy) is 2. The summed E-state index contributed by atoms with van der Waals surface area (Å²) in [6.07, 6.45) is 3.69. The van der Waals surface area contributed by atoms with Crippen LogP contribution < -0.4 is 4.74 Å². The molecule has 0 radical (unpaired) electrons. The number of halogens is 1. The van der Waals surface area contributed by atoms with Crippen molar-refractivity contribution in [1.82, 2.24) is 0 Å². The van der Waals surface area contributed by atoms with Crippen LogP contribution in [0, 0.1) is 0 Å². The first-order valence-corrected chi connectivity index (χ1v) is 8.46. The molecule has 0 fully saturated rings. The summed E-state index contributed by atoms with van der Waals surface area (Å²) in [4.78, 5) is 16.5. The maximum atomic E-state index is 12.1. The molecule has 0 aromatic heterocycles. The molecule has 0 amide bonds. The lowest BCUT2D eigenvalue weighted by Crippen LogP contribution is -2.07. The molecule has 5 heteroatoms. The Morgan fingerprint density at radius 1 is 1.20 bits per heavy atom. The van der Waals surface area contributed by atoms with Gasteiger partial charge in [0, 0.05) is 4.47 Å². The molecule has 3 rings (SSSR count). The van der Waals surface area contributed by atoms with Crippen molar-refractivity contribution >= 4 is 33.9 Å². The average Bonchev–Trinajstić information content (AvgIpc) is 2.96. The Morgan fingerprint density at radius 3 is 2.68 bits per heavy atom. The number of nitrogens with zero attached hydrogens (tertiary/aromatic N) is 1. The highest BCUT2D eigenvalue weighted by Gasteiger charge is 2.26. The summed E-state index contributed by atoms with van der Waals surface area (Å²) in [6.45, 7) is 1.92. The molecule has 1 heterocycles. The number of rotatable bonds is 4. The van der Waals surface area contributed by atoms with E-state index in [1.54, 1.807) is 25.3 Å². The number of hydrogen-bond acceptors (Lipinski definition) is 4. The van der Waals surface area contributed by atoms with Crippen LogP contribution in [0.5, 0.6) is 5.75 Å². The minimum atomic E-state index is -0.474. The predicted octanol–water partition coefficient (Wildman–Crippen LogP) is 4.75. The van der Waals surface area contributed by atoms with E-state index >= 15 is 0 Å². The molecule has 1 aliphatic rings. The van der Waals surface area contributed by atoms with Gasteiger partial charge in [-0.1, -0.05) is 52.3 Å². The molecule has 25 heavy (non-hydrogen) atoms. The fraction of sp³-hybridized carbons (Fsp3) is 0.100. The van der Waals surface area contributed by atoms with Gasteiger partial charge in [0.05, 0.1) is 12.7 Å². The Kier molecular flexibility index (Phi) is 5.14. The SMILES string of the molecule is COc1ccc(Br)cc1C1=NC(=CC(C)=Cc2ccccc2)C(=O)O1. The van der Waals surface area contributed by atoms with E-state index in [-0.39, 0.29) is 11.6 Å². The molecule has 0 aliphatic carbocycles. The van der Waals surface area contributed by atoms with E-state index in [1.165, 1.54) is 0 Å². The Bertz CT molecular complexity index is 898. The third-order valence-electron chi connectivity index (χ3n) is 3.57. The zero-order valence-corrected chi connectivity index (χ0v) is 15.4. The second kappa shape index (κ2) is 7.49. The molecule has 0 N–H and O–H groups in total. The average molecular weight is 398 g/mol. The van der Waals surface area contributed by atoms with Gasteiger partial charge >= 0.3 is 5.97 Å². The third kappa shape index (κ3) is 4.06. The second-order valence-corrected chi connectivity index (χ2v) is 6.40. The van der Waals surface area contributed by atoms with Crippen LogP contribution in [0.1, 0.15) is 18.1 Å². The lowest BCUT2D eigenvalue weighted by atomic mass is 10.1. The molecular weight excluding hydrogens is 382 g/mol. The lowest BCUT2D eigenvalue weighted by Gasteiger charge is -2.07. The van der Waals surface area contributed by atoms with Crippen molar-refractivity contribution in [3.8, 4) is 5.75 Å². The van der Waals surface area contributed by atoms with E-state index in [4.69, 9.17) is 9.47 Å². The fourth-order valence-electron chi connectivity index (χ4n) is 2.44. The van der Waals surface area contributed by atoms with E-state index in [0.717, 1.165) is 15.6 Å². The van der Waals surface area contributed by atoms with Gasteiger partial charge in [-0.3, -0.25) is 0 Å². The van der Waals surface area contributed by atoms with Crippen molar-refractivity contribution in [2.75, 3.05) is 7.11 Å². The Labute approximate surface area is 154 Å². The zero-order chi connectivity index (χ0) is 17.8. The van der Waals surface area contributed by atoms with Crippen LogP contribution in [0.2, 0.25) is 0 Å². The summed E-state index contributed by atoms with van der Waals surface area (Å²) in [6, 6.07) is 15.3. The number of hydrogen-bond donors (Lipinski definition) is 0. The summed E-state index contributed by atoms with van der Waals surface area (Å²) < 4.78 is 11.5. The normalized spacial score (nSPS) is 16.0. The number of cyclic esters (lactones) is 1. The molecule has 0 saturated heterocycles. The summed E-state index contributed by atoms with van der Waals surface area (Å²) in [5.41, 5.74) is 2.85. The van der Waals surface area contributed by atoms with Gasteiger partial charge in [0.1, 0.15) is 5.75 Å². The van der Waals surface area contributed by atoms with Gasteiger partial charge < -0.3 is 9.47 Å². The van der Waals surface area contributed by atoms with Crippen LogP contribution in [0.4, 0.5) is 0 Å². The van der Waals surface area contributed by atoms with Crippen LogP contribution in [0.3, 0.4) is 0 Å². The number of allylic oxidation sites excluding steroid dienone is 2. The Balaban J connectivity index is 1.93. The number of carbonyl (C=O) groups is 1. The van der Waals surface area contributed by atoms with Crippen molar-refractivity contribution in [3.63, 3.8) is 0 Å². The quantitative estimate of drug-likeness (QED) is 0.552. The van der Waals surface area contributed by atoms with E-state index in [1.807, 2.05) is 49.4 Å². The maximum absolute atomic E-state index is 12.1. The summed E-state index contributed by atoms with van der Waals surface area (Å²) in [5, 5.41) is 0. The number of benzene rings is 2. The number of carbonyl (C=O) groups excluding carboxylic acids is 1. The topological polar surface area (TPSA) is 47.9 Å². The van der Waals surface area contributed by atoms with E-state index in [9.17, 15) is 4.79 Å².